The fourth-order valence-corrected chi connectivity index (χ4v) is 3.42. The van der Waals surface area contributed by atoms with Crippen molar-refractivity contribution in [2.24, 2.45) is 0 Å². The Morgan fingerprint density at radius 3 is 1.87 bits per heavy atom. The molecule has 3 nitrogen and oxygen atoms in total. The summed E-state index contributed by atoms with van der Waals surface area (Å²) in [6, 6.07) is 14.7. The molecule has 2 aromatic carbocycles. The molecule has 0 spiro atoms. The number of hydrogen-bond donors (Lipinski definition) is 1. The van der Waals surface area contributed by atoms with E-state index in [-0.39, 0.29) is 4.90 Å². The average molecular weight is 331 g/mol. The molecule has 0 aliphatic heterocycles. The van der Waals surface area contributed by atoms with Gasteiger partial charge in [0.2, 0.25) is 0 Å². The quantitative estimate of drug-likeness (QED) is 0.798. The fraction of sp³-hybridized carbons (Fsp3) is 0.368. The SMILES string of the molecule is CC[C@H](C)c1ccc(NS(=O)(=O)c2ccc(C(C)C)cc2)cc1. The molecule has 0 fully saturated rings. The van der Waals surface area contributed by atoms with Crippen molar-refractivity contribution in [2.75, 3.05) is 4.72 Å². The van der Waals surface area contributed by atoms with Gasteiger partial charge in [-0.05, 0) is 53.6 Å². The van der Waals surface area contributed by atoms with Crippen LogP contribution in [0.2, 0.25) is 0 Å². The molecule has 0 amide bonds. The van der Waals surface area contributed by atoms with Crippen molar-refractivity contribution in [1.29, 1.82) is 0 Å². The van der Waals surface area contributed by atoms with E-state index in [4.69, 9.17) is 0 Å². The summed E-state index contributed by atoms with van der Waals surface area (Å²) in [5, 5.41) is 0. The lowest BCUT2D eigenvalue weighted by Gasteiger charge is -2.12. The summed E-state index contributed by atoms with van der Waals surface area (Å²) >= 11 is 0. The molecule has 0 radical (unpaired) electrons. The topological polar surface area (TPSA) is 46.2 Å². The molecule has 0 unspecified atom stereocenters. The van der Waals surface area contributed by atoms with Crippen molar-refractivity contribution in [3.63, 3.8) is 0 Å². The maximum Gasteiger partial charge on any atom is 0.261 e. The van der Waals surface area contributed by atoms with Crippen LogP contribution in [0.5, 0.6) is 0 Å². The number of hydrogen-bond acceptors (Lipinski definition) is 2. The van der Waals surface area contributed by atoms with E-state index in [0.29, 0.717) is 17.5 Å². The van der Waals surface area contributed by atoms with Crippen LogP contribution in [-0.4, -0.2) is 8.42 Å². The predicted octanol–water partition coefficient (Wildman–Crippen LogP) is 5.12. The summed E-state index contributed by atoms with van der Waals surface area (Å²) in [7, 11) is -3.54. The second kappa shape index (κ2) is 7.18. The summed E-state index contributed by atoms with van der Waals surface area (Å²) in [5.41, 5.74) is 2.93. The summed E-state index contributed by atoms with van der Waals surface area (Å²) in [6.45, 7) is 8.47. The zero-order valence-corrected chi connectivity index (χ0v) is 15.0. The van der Waals surface area contributed by atoms with Crippen LogP contribution < -0.4 is 4.72 Å². The summed E-state index contributed by atoms with van der Waals surface area (Å²) < 4.78 is 27.5. The largest absolute Gasteiger partial charge is 0.280 e. The van der Waals surface area contributed by atoms with Crippen molar-refractivity contribution < 1.29 is 8.42 Å². The third-order valence-electron chi connectivity index (χ3n) is 4.20. The number of sulfonamides is 1. The highest BCUT2D eigenvalue weighted by Gasteiger charge is 2.14. The molecule has 0 aromatic heterocycles. The molecular formula is C19H25NO2S. The van der Waals surface area contributed by atoms with Crippen molar-refractivity contribution in [3.05, 3.63) is 59.7 Å². The molecule has 0 bridgehead atoms. The highest BCUT2D eigenvalue weighted by atomic mass is 32.2. The van der Waals surface area contributed by atoms with Crippen LogP contribution in [0, 0.1) is 0 Å². The first-order valence-corrected chi connectivity index (χ1v) is 9.54. The van der Waals surface area contributed by atoms with Gasteiger partial charge in [-0.25, -0.2) is 8.42 Å². The van der Waals surface area contributed by atoms with E-state index in [1.807, 2.05) is 36.4 Å². The Bertz CT molecular complexity index is 732. The molecule has 0 saturated heterocycles. The molecule has 0 saturated carbocycles. The summed E-state index contributed by atoms with van der Waals surface area (Å²) in [6.07, 6.45) is 1.06. The molecule has 1 atom stereocenters. The Morgan fingerprint density at radius 1 is 0.870 bits per heavy atom. The Labute approximate surface area is 139 Å². The van der Waals surface area contributed by atoms with Gasteiger partial charge in [0.1, 0.15) is 0 Å². The van der Waals surface area contributed by atoms with Crippen molar-refractivity contribution >= 4 is 15.7 Å². The predicted molar refractivity (Wildman–Crippen MR) is 96.5 cm³/mol. The van der Waals surface area contributed by atoms with Crippen LogP contribution in [0.1, 0.15) is 57.1 Å². The van der Waals surface area contributed by atoms with Gasteiger partial charge in [-0.3, -0.25) is 4.72 Å². The van der Waals surface area contributed by atoms with Gasteiger partial charge < -0.3 is 0 Å². The van der Waals surface area contributed by atoms with Crippen LogP contribution >= 0.6 is 0 Å². The molecular weight excluding hydrogens is 306 g/mol. The van der Waals surface area contributed by atoms with E-state index in [2.05, 4.69) is 32.4 Å². The van der Waals surface area contributed by atoms with Gasteiger partial charge in [0, 0.05) is 5.69 Å². The molecule has 2 aromatic rings. The zero-order valence-electron chi connectivity index (χ0n) is 14.2. The number of rotatable bonds is 6. The van der Waals surface area contributed by atoms with E-state index in [0.717, 1.165) is 12.0 Å². The zero-order chi connectivity index (χ0) is 17.0. The normalized spacial score (nSPS) is 13.1. The van der Waals surface area contributed by atoms with E-state index in [1.165, 1.54) is 5.56 Å². The molecule has 124 valence electrons. The van der Waals surface area contributed by atoms with Gasteiger partial charge in [0.05, 0.1) is 4.90 Å². The third-order valence-corrected chi connectivity index (χ3v) is 5.60. The molecule has 0 heterocycles. The molecule has 4 heteroatoms. The fourth-order valence-electron chi connectivity index (χ4n) is 2.36. The molecule has 23 heavy (non-hydrogen) atoms. The minimum Gasteiger partial charge on any atom is -0.280 e. The molecule has 1 N–H and O–H groups in total. The monoisotopic (exact) mass is 331 g/mol. The standard InChI is InChI=1S/C19H25NO2S/c1-5-15(4)17-6-10-18(11-7-17)20-23(21,22)19-12-8-16(9-13-19)14(2)3/h6-15,20H,5H2,1-4H3/t15-/m0/s1. The first-order chi connectivity index (χ1) is 10.8. The minimum absolute atomic E-state index is 0.285. The maximum atomic E-state index is 12.4. The van der Waals surface area contributed by atoms with Crippen LogP contribution in [-0.2, 0) is 10.0 Å². The van der Waals surface area contributed by atoms with Crippen LogP contribution in [0.4, 0.5) is 5.69 Å². The lowest BCUT2D eigenvalue weighted by Crippen LogP contribution is -2.13. The maximum absolute atomic E-state index is 12.4. The average Bonchev–Trinajstić information content (AvgIpc) is 2.54. The molecule has 0 aliphatic rings. The second-order valence-electron chi connectivity index (χ2n) is 6.26. The Hall–Kier alpha value is -1.81. The van der Waals surface area contributed by atoms with Crippen molar-refractivity contribution in [2.45, 2.75) is 50.8 Å². The number of benzene rings is 2. The van der Waals surface area contributed by atoms with E-state index >= 15 is 0 Å². The van der Waals surface area contributed by atoms with E-state index < -0.39 is 10.0 Å². The van der Waals surface area contributed by atoms with Gasteiger partial charge in [-0.2, -0.15) is 0 Å². The highest BCUT2D eigenvalue weighted by Crippen LogP contribution is 2.23. The van der Waals surface area contributed by atoms with E-state index in [1.54, 1.807) is 12.1 Å². The second-order valence-corrected chi connectivity index (χ2v) is 7.94. The minimum atomic E-state index is -3.54. The van der Waals surface area contributed by atoms with Crippen LogP contribution in [0.3, 0.4) is 0 Å². The van der Waals surface area contributed by atoms with Gasteiger partial charge >= 0.3 is 0 Å². The highest BCUT2D eigenvalue weighted by molar-refractivity contribution is 7.92. The third kappa shape index (κ3) is 4.35. The Balaban J connectivity index is 2.17. The molecule has 0 aliphatic carbocycles. The van der Waals surface area contributed by atoms with Gasteiger partial charge in [0.25, 0.3) is 10.0 Å². The van der Waals surface area contributed by atoms with Crippen LogP contribution in [0.25, 0.3) is 0 Å². The number of nitrogens with one attached hydrogen (secondary N) is 1. The lowest BCUT2D eigenvalue weighted by molar-refractivity contribution is 0.601. The van der Waals surface area contributed by atoms with Crippen molar-refractivity contribution in [3.8, 4) is 0 Å². The number of anilines is 1. The summed E-state index contributed by atoms with van der Waals surface area (Å²) in [5.74, 6) is 0.858. The summed E-state index contributed by atoms with van der Waals surface area (Å²) in [4.78, 5) is 0.285. The van der Waals surface area contributed by atoms with Crippen LogP contribution in [0.15, 0.2) is 53.4 Å². The smallest absolute Gasteiger partial charge is 0.261 e. The van der Waals surface area contributed by atoms with Gasteiger partial charge in [-0.1, -0.05) is 52.0 Å². The lowest BCUT2D eigenvalue weighted by atomic mass is 9.99. The van der Waals surface area contributed by atoms with Gasteiger partial charge in [0.15, 0.2) is 0 Å². The Morgan fingerprint density at radius 2 is 1.39 bits per heavy atom. The molecule has 2 rings (SSSR count). The van der Waals surface area contributed by atoms with Crippen molar-refractivity contribution in [1.82, 2.24) is 0 Å². The van der Waals surface area contributed by atoms with Gasteiger partial charge in [-0.15, -0.1) is 0 Å². The van der Waals surface area contributed by atoms with E-state index in [9.17, 15) is 8.42 Å². The first kappa shape index (κ1) is 17.5. The Kier molecular flexibility index (Phi) is 5.47. The first-order valence-electron chi connectivity index (χ1n) is 8.06.